The molecule has 0 saturated carbocycles. The first-order chi connectivity index (χ1) is 10.3. The molecule has 0 aliphatic rings. The van der Waals surface area contributed by atoms with Crippen molar-refractivity contribution in [2.45, 2.75) is 26.9 Å². The third-order valence-electron chi connectivity index (χ3n) is 2.67. The fourth-order valence-electron chi connectivity index (χ4n) is 1.72. The average Bonchev–Trinajstić information content (AvgIpc) is 2.50. The molecule has 1 aromatic carbocycles. The van der Waals surface area contributed by atoms with Crippen molar-refractivity contribution in [2.75, 3.05) is 32.8 Å². The molecule has 0 saturated heterocycles. The molecule has 1 aromatic rings. The molecule has 1 atom stereocenters. The summed E-state index contributed by atoms with van der Waals surface area (Å²) in [6.07, 6.45) is 0.0229. The van der Waals surface area contributed by atoms with Gasteiger partial charge in [-0.15, -0.1) is 0 Å². The van der Waals surface area contributed by atoms with E-state index in [4.69, 9.17) is 9.47 Å². The van der Waals surface area contributed by atoms with Gasteiger partial charge in [0.25, 0.3) is 0 Å². The van der Waals surface area contributed by atoms with Crippen LogP contribution in [0.3, 0.4) is 0 Å². The summed E-state index contributed by atoms with van der Waals surface area (Å²) in [5.74, 6) is 1.66. The lowest BCUT2D eigenvalue weighted by molar-refractivity contribution is 0.152. The van der Waals surface area contributed by atoms with Crippen LogP contribution in [0.5, 0.6) is 5.75 Å². The van der Waals surface area contributed by atoms with Gasteiger partial charge in [0, 0.05) is 19.7 Å². The van der Waals surface area contributed by atoms with Crippen molar-refractivity contribution < 1.29 is 9.47 Å². The highest BCUT2D eigenvalue weighted by atomic mass is 16.5. The molecule has 118 valence electrons. The first-order valence-corrected chi connectivity index (χ1v) is 7.57. The second-order valence-corrected chi connectivity index (χ2v) is 4.58. The SMILES string of the molecule is CCNC(=NCC(C)Oc1ccccc1)NCCOCC. The molecule has 0 aliphatic carbocycles. The van der Waals surface area contributed by atoms with E-state index in [0.29, 0.717) is 13.2 Å². The quantitative estimate of drug-likeness (QED) is 0.416. The van der Waals surface area contributed by atoms with Crippen molar-refractivity contribution in [1.82, 2.24) is 10.6 Å². The van der Waals surface area contributed by atoms with Gasteiger partial charge in [0.05, 0.1) is 13.2 Å². The van der Waals surface area contributed by atoms with Crippen LogP contribution in [0.25, 0.3) is 0 Å². The topological polar surface area (TPSA) is 54.9 Å². The molecule has 0 radical (unpaired) electrons. The molecule has 5 heteroatoms. The summed E-state index contributed by atoms with van der Waals surface area (Å²) in [5.41, 5.74) is 0. The number of guanidine groups is 1. The Morgan fingerprint density at radius 3 is 2.62 bits per heavy atom. The molecule has 21 heavy (non-hydrogen) atoms. The lowest BCUT2D eigenvalue weighted by Crippen LogP contribution is -2.39. The zero-order valence-electron chi connectivity index (χ0n) is 13.3. The van der Waals surface area contributed by atoms with Crippen LogP contribution in [0.2, 0.25) is 0 Å². The van der Waals surface area contributed by atoms with Crippen molar-refractivity contribution in [3.8, 4) is 5.75 Å². The molecule has 0 fully saturated rings. The van der Waals surface area contributed by atoms with Crippen LogP contribution in [0, 0.1) is 0 Å². The Morgan fingerprint density at radius 1 is 1.19 bits per heavy atom. The zero-order valence-corrected chi connectivity index (χ0v) is 13.3. The lowest BCUT2D eigenvalue weighted by atomic mass is 10.3. The standard InChI is InChI=1S/C16H27N3O2/c1-4-17-16(18-11-12-20-5-2)19-13-14(3)21-15-9-7-6-8-10-15/h6-10,14H,4-5,11-13H2,1-3H3,(H2,17,18,19). The van der Waals surface area contributed by atoms with Gasteiger partial charge < -0.3 is 20.1 Å². The predicted octanol–water partition coefficient (Wildman–Crippen LogP) is 2.05. The number of hydrogen-bond donors (Lipinski definition) is 2. The van der Waals surface area contributed by atoms with Crippen LogP contribution in [0.1, 0.15) is 20.8 Å². The van der Waals surface area contributed by atoms with Crippen LogP contribution in [0.15, 0.2) is 35.3 Å². The molecular formula is C16H27N3O2. The van der Waals surface area contributed by atoms with Gasteiger partial charge in [0.15, 0.2) is 5.96 Å². The molecule has 5 nitrogen and oxygen atoms in total. The molecule has 0 aromatic heterocycles. The van der Waals surface area contributed by atoms with Gasteiger partial charge in [-0.3, -0.25) is 0 Å². The lowest BCUT2D eigenvalue weighted by Gasteiger charge is -2.15. The van der Waals surface area contributed by atoms with Gasteiger partial charge in [0.1, 0.15) is 11.9 Å². The average molecular weight is 293 g/mol. The van der Waals surface area contributed by atoms with Crippen molar-refractivity contribution in [1.29, 1.82) is 0 Å². The molecule has 0 amide bonds. The third-order valence-corrected chi connectivity index (χ3v) is 2.67. The number of para-hydroxylation sites is 1. The monoisotopic (exact) mass is 293 g/mol. The van der Waals surface area contributed by atoms with E-state index in [2.05, 4.69) is 15.6 Å². The van der Waals surface area contributed by atoms with Crippen molar-refractivity contribution in [3.05, 3.63) is 30.3 Å². The second kappa shape index (κ2) is 11.0. The van der Waals surface area contributed by atoms with Crippen molar-refractivity contribution >= 4 is 5.96 Å². The number of nitrogens with one attached hydrogen (secondary N) is 2. The number of aliphatic imine (C=N–C) groups is 1. The maximum Gasteiger partial charge on any atom is 0.191 e. The summed E-state index contributed by atoms with van der Waals surface area (Å²) in [7, 11) is 0. The fraction of sp³-hybridized carbons (Fsp3) is 0.562. The highest BCUT2D eigenvalue weighted by Crippen LogP contribution is 2.10. The first kappa shape index (κ1) is 17.3. The zero-order chi connectivity index (χ0) is 15.3. The molecule has 0 spiro atoms. The highest BCUT2D eigenvalue weighted by Gasteiger charge is 2.04. The Labute approximate surface area is 127 Å². The molecule has 0 heterocycles. The Hall–Kier alpha value is -1.75. The van der Waals surface area contributed by atoms with Crippen molar-refractivity contribution in [2.24, 2.45) is 4.99 Å². The number of rotatable bonds is 9. The summed E-state index contributed by atoms with van der Waals surface area (Å²) >= 11 is 0. The number of ether oxygens (including phenoxy) is 2. The molecular weight excluding hydrogens is 266 g/mol. The van der Waals surface area contributed by atoms with Gasteiger partial charge >= 0.3 is 0 Å². The minimum atomic E-state index is 0.0229. The maximum atomic E-state index is 5.80. The van der Waals surface area contributed by atoms with Gasteiger partial charge in [-0.25, -0.2) is 4.99 Å². The minimum Gasteiger partial charge on any atom is -0.489 e. The van der Waals surface area contributed by atoms with E-state index in [1.165, 1.54) is 0 Å². The van der Waals surface area contributed by atoms with E-state index in [9.17, 15) is 0 Å². The molecule has 2 N–H and O–H groups in total. The summed E-state index contributed by atoms with van der Waals surface area (Å²) in [4.78, 5) is 4.52. The second-order valence-electron chi connectivity index (χ2n) is 4.58. The summed E-state index contributed by atoms with van der Waals surface area (Å²) < 4.78 is 11.1. The third kappa shape index (κ3) is 8.19. The van der Waals surface area contributed by atoms with Crippen LogP contribution in [-0.2, 0) is 4.74 Å². The van der Waals surface area contributed by atoms with Crippen LogP contribution >= 0.6 is 0 Å². The van der Waals surface area contributed by atoms with E-state index in [0.717, 1.165) is 31.4 Å². The maximum absolute atomic E-state index is 5.80. The van der Waals surface area contributed by atoms with E-state index >= 15 is 0 Å². The van der Waals surface area contributed by atoms with E-state index < -0.39 is 0 Å². The van der Waals surface area contributed by atoms with Gasteiger partial charge in [-0.05, 0) is 32.9 Å². The molecule has 0 aliphatic heterocycles. The van der Waals surface area contributed by atoms with Gasteiger partial charge in [0.2, 0.25) is 0 Å². The first-order valence-electron chi connectivity index (χ1n) is 7.57. The number of hydrogen-bond acceptors (Lipinski definition) is 3. The number of benzene rings is 1. The Balaban J connectivity index is 2.37. The summed E-state index contributed by atoms with van der Waals surface area (Å²) in [5, 5.41) is 6.44. The Bertz CT molecular complexity index is 396. The van der Waals surface area contributed by atoms with Crippen molar-refractivity contribution in [3.63, 3.8) is 0 Å². The minimum absolute atomic E-state index is 0.0229. The Morgan fingerprint density at radius 2 is 1.95 bits per heavy atom. The predicted molar refractivity (Wildman–Crippen MR) is 87.0 cm³/mol. The molecule has 0 bridgehead atoms. The van der Waals surface area contributed by atoms with Gasteiger partial charge in [-0.1, -0.05) is 18.2 Å². The largest absolute Gasteiger partial charge is 0.489 e. The molecule has 1 rings (SSSR count). The van der Waals surface area contributed by atoms with E-state index in [1.54, 1.807) is 0 Å². The van der Waals surface area contributed by atoms with Gasteiger partial charge in [-0.2, -0.15) is 0 Å². The summed E-state index contributed by atoms with van der Waals surface area (Å²) in [6.45, 7) is 9.63. The summed E-state index contributed by atoms with van der Waals surface area (Å²) in [6, 6.07) is 9.80. The van der Waals surface area contributed by atoms with Crippen LogP contribution in [0.4, 0.5) is 0 Å². The smallest absolute Gasteiger partial charge is 0.191 e. The van der Waals surface area contributed by atoms with E-state index in [-0.39, 0.29) is 6.10 Å². The van der Waals surface area contributed by atoms with Crippen LogP contribution < -0.4 is 15.4 Å². The highest BCUT2D eigenvalue weighted by molar-refractivity contribution is 5.79. The fourth-order valence-corrected chi connectivity index (χ4v) is 1.72. The van der Waals surface area contributed by atoms with E-state index in [1.807, 2.05) is 51.1 Å². The Kier molecular flexibility index (Phi) is 9.04. The normalized spacial score (nSPS) is 12.8. The number of nitrogens with zero attached hydrogens (tertiary/aromatic N) is 1. The van der Waals surface area contributed by atoms with Crippen LogP contribution in [-0.4, -0.2) is 44.9 Å². The molecule has 1 unspecified atom stereocenters.